The molecule has 0 saturated heterocycles. The molecule has 1 aromatic carbocycles. The lowest BCUT2D eigenvalue weighted by molar-refractivity contribution is 0.561. The molecule has 3 aromatic rings. The molecule has 0 aliphatic carbocycles. The van der Waals surface area contributed by atoms with Crippen LogP contribution in [0.2, 0.25) is 0 Å². The van der Waals surface area contributed by atoms with E-state index in [9.17, 15) is 4.79 Å². The smallest absolute Gasteiger partial charge is 0.347 e. The number of benzene rings is 1. The minimum Gasteiger partial charge on any atom is -0.422 e. The van der Waals surface area contributed by atoms with Gasteiger partial charge in [-0.3, -0.25) is 0 Å². The van der Waals surface area contributed by atoms with Crippen molar-refractivity contribution in [1.29, 1.82) is 0 Å². The first kappa shape index (κ1) is 10.6. The predicted molar refractivity (Wildman–Crippen MR) is 65.1 cm³/mol. The van der Waals surface area contributed by atoms with Gasteiger partial charge in [0.2, 0.25) is 5.82 Å². The summed E-state index contributed by atoms with van der Waals surface area (Å²) < 4.78 is 5.28. The fourth-order valence-corrected chi connectivity index (χ4v) is 1.99. The molecular formula is C12H10N4O2. The second-order valence-electron chi connectivity index (χ2n) is 4.12. The Kier molecular flexibility index (Phi) is 2.22. The highest BCUT2D eigenvalue weighted by Gasteiger charge is 2.16. The Morgan fingerprint density at radius 1 is 1.28 bits per heavy atom. The van der Waals surface area contributed by atoms with Gasteiger partial charge < -0.3 is 4.42 Å². The van der Waals surface area contributed by atoms with Gasteiger partial charge in [-0.05, 0) is 36.8 Å². The van der Waals surface area contributed by atoms with Gasteiger partial charge in [-0.15, -0.1) is 10.2 Å². The van der Waals surface area contributed by atoms with Gasteiger partial charge in [0, 0.05) is 5.39 Å². The van der Waals surface area contributed by atoms with Gasteiger partial charge in [-0.2, -0.15) is 5.21 Å². The van der Waals surface area contributed by atoms with Crippen LogP contribution >= 0.6 is 0 Å². The Morgan fingerprint density at radius 2 is 2.11 bits per heavy atom. The maximum atomic E-state index is 11.9. The molecule has 0 atom stereocenters. The molecule has 0 aliphatic heterocycles. The third kappa shape index (κ3) is 1.50. The van der Waals surface area contributed by atoms with Gasteiger partial charge in [0.05, 0.1) is 0 Å². The Hall–Kier alpha value is -2.50. The summed E-state index contributed by atoms with van der Waals surface area (Å²) in [7, 11) is 0. The van der Waals surface area contributed by atoms with Gasteiger partial charge in [-0.25, -0.2) is 4.79 Å². The predicted octanol–water partition coefficient (Wildman–Crippen LogP) is 1.59. The second kappa shape index (κ2) is 3.76. The fraction of sp³-hybridized carbons (Fsp3) is 0.167. The minimum atomic E-state index is -0.453. The van der Waals surface area contributed by atoms with Crippen LogP contribution < -0.4 is 5.63 Å². The van der Waals surface area contributed by atoms with E-state index in [-0.39, 0.29) is 5.82 Å². The molecule has 0 saturated carbocycles. The average molecular weight is 242 g/mol. The van der Waals surface area contributed by atoms with Crippen LogP contribution in [-0.2, 0) is 0 Å². The largest absolute Gasteiger partial charge is 0.422 e. The van der Waals surface area contributed by atoms with Crippen molar-refractivity contribution in [2.45, 2.75) is 13.8 Å². The number of nitrogens with one attached hydrogen (secondary N) is 1. The van der Waals surface area contributed by atoms with E-state index in [1.54, 1.807) is 6.07 Å². The maximum Gasteiger partial charge on any atom is 0.347 e. The Bertz CT molecular complexity index is 775. The third-order valence-corrected chi connectivity index (χ3v) is 2.89. The summed E-state index contributed by atoms with van der Waals surface area (Å²) in [6.45, 7) is 3.84. The van der Waals surface area contributed by atoms with E-state index in [4.69, 9.17) is 4.42 Å². The van der Waals surface area contributed by atoms with Crippen molar-refractivity contribution in [3.05, 3.63) is 39.7 Å². The van der Waals surface area contributed by atoms with Gasteiger partial charge in [0.15, 0.2) is 0 Å². The highest BCUT2D eigenvalue weighted by Crippen LogP contribution is 2.24. The minimum absolute atomic E-state index is 0.254. The highest BCUT2D eigenvalue weighted by atomic mass is 16.4. The molecule has 0 radical (unpaired) electrons. The number of aromatic amines is 1. The summed E-state index contributed by atoms with van der Waals surface area (Å²) in [6, 6.07) is 5.66. The van der Waals surface area contributed by atoms with Crippen LogP contribution in [0.15, 0.2) is 27.4 Å². The first-order valence-electron chi connectivity index (χ1n) is 5.44. The van der Waals surface area contributed by atoms with Crippen molar-refractivity contribution in [2.75, 3.05) is 0 Å². The number of hydrogen-bond donors (Lipinski definition) is 1. The number of H-pyrrole nitrogens is 1. The highest BCUT2D eigenvalue weighted by molar-refractivity contribution is 5.85. The van der Waals surface area contributed by atoms with Crippen LogP contribution in [0.3, 0.4) is 0 Å². The number of rotatable bonds is 1. The SMILES string of the molecule is Cc1ccc2oc(=O)c(-c3nn[nH]n3)c(C)c2c1. The second-order valence-corrected chi connectivity index (χ2v) is 4.12. The number of hydrogen-bond acceptors (Lipinski definition) is 5. The zero-order valence-electron chi connectivity index (χ0n) is 9.89. The van der Waals surface area contributed by atoms with Gasteiger partial charge >= 0.3 is 5.63 Å². The van der Waals surface area contributed by atoms with Crippen LogP contribution in [0.4, 0.5) is 0 Å². The molecule has 1 N–H and O–H groups in total. The molecule has 3 rings (SSSR count). The first-order valence-corrected chi connectivity index (χ1v) is 5.44. The average Bonchev–Trinajstić information content (AvgIpc) is 2.84. The van der Waals surface area contributed by atoms with Crippen LogP contribution in [-0.4, -0.2) is 20.6 Å². The van der Waals surface area contributed by atoms with Crippen LogP contribution in [0.25, 0.3) is 22.4 Å². The van der Waals surface area contributed by atoms with E-state index in [1.807, 2.05) is 26.0 Å². The number of aryl methyl sites for hydroxylation is 2. The molecule has 0 aliphatic rings. The summed E-state index contributed by atoms with van der Waals surface area (Å²) >= 11 is 0. The quantitative estimate of drug-likeness (QED) is 0.655. The molecule has 6 nitrogen and oxygen atoms in total. The molecule has 18 heavy (non-hydrogen) atoms. The zero-order valence-corrected chi connectivity index (χ0v) is 9.89. The van der Waals surface area contributed by atoms with E-state index in [1.165, 1.54) is 0 Å². The summed E-state index contributed by atoms with van der Waals surface area (Å²) in [5, 5.41) is 14.3. The number of fused-ring (bicyclic) bond motifs is 1. The maximum absolute atomic E-state index is 11.9. The molecule has 0 amide bonds. The van der Waals surface area contributed by atoms with Crippen molar-refractivity contribution >= 4 is 11.0 Å². The molecule has 0 unspecified atom stereocenters. The Morgan fingerprint density at radius 3 is 2.83 bits per heavy atom. The van der Waals surface area contributed by atoms with Gasteiger partial charge in [0.25, 0.3) is 0 Å². The molecule has 0 spiro atoms. The Labute approximate surface area is 102 Å². The lowest BCUT2D eigenvalue weighted by atomic mass is 10.0. The monoisotopic (exact) mass is 242 g/mol. The molecule has 2 aromatic heterocycles. The molecule has 0 fully saturated rings. The third-order valence-electron chi connectivity index (χ3n) is 2.89. The Balaban J connectivity index is 2.43. The summed E-state index contributed by atoms with van der Waals surface area (Å²) in [5.41, 5.74) is 2.35. The van der Waals surface area contributed by atoms with E-state index in [0.717, 1.165) is 16.5 Å². The van der Waals surface area contributed by atoms with E-state index in [2.05, 4.69) is 20.6 Å². The number of aromatic nitrogens is 4. The van der Waals surface area contributed by atoms with Gasteiger partial charge in [0.1, 0.15) is 11.1 Å². The van der Waals surface area contributed by atoms with Crippen molar-refractivity contribution < 1.29 is 4.42 Å². The summed E-state index contributed by atoms with van der Waals surface area (Å²) in [6.07, 6.45) is 0. The fourth-order valence-electron chi connectivity index (χ4n) is 1.99. The molecule has 6 heteroatoms. The lowest BCUT2D eigenvalue weighted by Gasteiger charge is -2.05. The zero-order chi connectivity index (χ0) is 12.7. The topological polar surface area (TPSA) is 84.7 Å². The van der Waals surface area contributed by atoms with E-state index < -0.39 is 5.63 Å². The molecule has 90 valence electrons. The normalized spacial score (nSPS) is 11.0. The molecular weight excluding hydrogens is 232 g/mol. The van der Waals surface area contributed by atoms with Crippen LogP contribution in [0.5, 0.6) is 0 Å². The number of tetrazole rings is 1. The lowest BCUT2D eigenvalue weighted by Crippen LogP contribution is -2.07. The summed E-state index contributed by atoms with van der Waals surface area (Å²) in [5.74, 6) is 0.254. The van der Waals surface area contributed by atoms with Crippen LogP contribution in [0, 0.1) is 13.8 Å². The first-order chi connectivity index (χ1) is 8.66. The van der Waals surface area contributed by atoms with Crippen molar-refractivity contribution in [2.24, 2.45) is 0 Å². The van der Waals surface area contributed by atoms with Crippen molar-refractivity contribution in [3.8, 4) is 11.4 Å². The van der Waals surface area contributed by atoms with Gasteiger partial charge in [-0.1, -0.05) is 11.6 Å². The van der Waals surface area contributed by atoms with E-state index >= 15 is 0 Å². The van der Waals surface area contributed by atoms with E-state index in [0.29, 0.717) is 11.1 Å². The summed E-state index contributed by atoms with van der Waals surface area (Å²) in [4.78, 5) is 11.9. The van der Waals surface area contributed by atoms with Crippen molar-refractivity contribution in [1.82, 2.24) is 20.6 Å². The van der Waals surface area contributed by atoms with Crippen LogP contribution in [0.1, 0.15) is 11.1 Å². The standard InChI is InChI=1S/C12H10N4O2/c1-6-3-4-9-8(5-6)7(2)10(12(17)18-9)11-13-15-16-14-11/h3-5H,1-2H3,(H,13,14,15,16). The number of nitrogens with zero attached hydrogens (tertiary/aromatic N) is 3. The molecule has 0 bridgehead atoms. The van der Waals surface area contributed by atoms with Crippen molar-refractivity contribution in [3.63, 3.8) is 0 Å². The molecule has 2 heterocycles.